The molecule has 2 aromatic carbocycles. The van der Waals surface area contributed by atoms with E-state index in [2.05, 4.69) is 20.5 Å². The molecule has 0 saturated carbocycles. The van der Waals surface area contributed by atoms with Crippen LogP contribution in [0.15, 0.2) is 53.5 Å². The second kappa shape index (κ2) is 10.8. The first-order chi connectivity index (χ1) is 14.1. The number of rotatable bonds is 6. The molecule has 1 aliphatic heterocycles. The lowest BCUT2D eigenvalue weighted by molar-refractivity contribution is 0.0394. The molecule has 0 aliphatic carbocycles. The summed E-state index contributed by atoms with van der Waals surface area (Å²) in [5.74, 6) is 0.891. The SMILES string of the molecule is COc1ccc(NC(=NCCN2CCOCC2)NC(=O)c2ccc(Cl)cc2)cc1. The molecule has 0 aromatic heterocycles. The van der Waals surface area contributed by atoms with E-state index in [-0.39, 0.29) is 5.91 Å². The lowest BCUT2D eigenvalue weighted by atomic mass is 10.2. The molecule has 2 N–H and O–H groups in total. The van der Waals surface area contributed by atoms with Crippen LogP contribution in [-0.4, -0.2) is 63.3 Å². The maximum Gasteiger partial charge on any atom is 0.257 e. The first kappa shape index (κ1) is 21.1. The number of anilines is 1. The van der Waals surface area contributed by atoms with E-state index in [0.717, 1.165) is 44.3 Å². The summed E-state index contributed by atoms with van der Waals surface area (Å²) in [4.78, 5) is 19.5. The van der Waals surface area contributed by atoms with Crippen molar-refractivity contribution in [2.24, 2.45) is 4.99 Å². The molecule has 1 amide bonds. The van der Waals surface area contributed by atoms with Gasteiger partial charge in [0.15, 0.2) is 0 Å². The van der Waals surface area contributed by atoms with Crippen LogP contribution < -0.4 is 15.4 Å². The maximum atomic E-state index is 12.6. The van der Waals surface area contributed by atoms with Gasteiger partial charge in [0, 0.05) is 35.9 Å². The van der Waals surface area contributed by atoms with Gasteiger partial charge >= 0.3 is 0 Å². The number of carbonyl (C=O) groups excluding carboxylic acids is 1. The average Bonchev–Trinajstić information content (AvgIpc) is 2.75. The lowest BCUT2D eigenvalue weighted by Gasteiger charge is -2.25. The van der Waals surface area contributed by atoms with Gasteiger partial charge in [-0.1, -0.05) is 11.6 Å². The summed E-state index contributed by atoms with van der Waals surface area (Å²) in [6.07, 6.45) is 0. The molecule has 1 aliphatic rings. The smallest absolute Gasteiger partial charge is 0.257 e. The van der Waals surface area contributed by atoms with Crippen LogP contribution in [0.4, 0.5) is 5.69 Å². The van der Waals surface area contributed by atoms with E-state index in [1.54, 1.807) is 31.4 Å². The van der Waals surface area contributed by atoms with Gasteiger partial charge < -0.3 is 14.8 Å². The van der Waals surface area contributed by atoms with Crippen molar-refractivity contribution in [3.05, 3.63) is 59.1 Å². The van der Waals surface area contributed by atoms with Crippen molar-refractivity contribution in [1.82, 2.24) is 10.2 Å². The van der Waals surface area contributed by atoms with E-state index in [9.17, 15) is 4.79 Å². The monoisotopic (exact) mass is 416 g/mol. The average molecular weight is 417 g/mol. The molecule has 0 radical (unpaired) electrons. The minimum atomic E-state index is -0.257. The van der Waals surface area contributed by atoms with Gasteiger partial charge in [-0.2, -0.15) is 0 Å². The summed E-state index contributed by atoms with van der Waals surface area (Å²) in [5.41, 5.74) is 1.30. The first-order valence-electron chi connectivity index (χ1n) is 9.46. The quantitative estimate of drug-likeness (QED) is 0.559. The second-order valence-corrected chi connectivity index (χ2v) is 6.94. The van der Waals surface area contributed by atoms with Crippen molar-refractivity contribution >= 4 is 29.2 Å². The first-order valence-corrected chi connectivity index (χ1v) is 9.84. The molecular formula is C21H25ClN4O3. The van der Waals surface area contributed by atoms with Crippen molar-refractivity contribution in [2.75, 3.05) is 51.8 Å². The topological polar surface area (TPSA) is 75.2 Å². The van der Waals surface area contributed by atoms with Crippen LogP contribution in [0.2, 0.25) is 5.02 Å². The zero-order valence-electron chi connectivity index (χ0n) is 16.4. The van der Waals surface area contributed by atoms with Gasteiger partial charge in [-0.3, -0.25) is 20.0 Å². The molecule has 1 fully saturated rings. The number of benzene rings is 2. The molecule has 0 unspecified atom stereocenters. The lowest BCUT2D eigenvalue weighted by Crippen LogP contribution is -2.39. The van der Waals surface area contributed by atoms with Gasteiger partial charge in [0.2, 0.25) is 5.96 Å². The van der Waals surface area contributed by atoms with Crippen LogP contribution in [-0.2, 0) is 4.74 Å². The Kier molecular flexibility index (Phi) is 7.86. The fourth-order valence-corrected chi connectivity index (χ4v) is 2.96. The Morgan fingerprint density at radius 1 is 1.14 bits per heavy atom. The number of hydrogen-bond donors (Lipinski definition) is 2. The van der Waals surface area contributed by atoms with Crippen molar-refractivity contribution < 1.29 is 14.3 Å². The fraction of sp³-hybridized carbons (Fsp3) is 0.333. The Morgan fingerprint density at radius 2 is 1.83 bits per heavy atom. The summed E-state index contributed by atoms with van der Waals surface area (Å²) in [6.45, 7) is 4.64. The Hall–Kier alpha value is -2.61. The number of nitrogens with zero attached hydrogens (tertiary/aromatic N) is 2. The van der Waals surface area contributed by atoms with E-state index in [1.807, 2.05) is 24.3 Å². The van der Waals surface area contributed by atoms with Gasteiger partial charge in [-0.15, -0.1) is 0 Å². The van der Waals surface area contributed by atoms with E-state index < -0.39 is 0 Å². The summed E-state index contributed by atoms with van der Waals surface area (Å²) >= 11 is 5.90. The molecule has 7 nitrogen and oxygen atoms in total. The van der Waals surface area contributed by atoms with Crippen LogP contribution in [0, 0.1) is 0 Å². The molecule has 3 rings (SSSR count). The van der Waals surface area contributed by atoms with E-state index in [1.165, 1.54) is 0 Å². The summed E-state index contributed by atoms with van der Waals surface area (Å²) in [6, 6.07) is 14.1. The number of ether oxygens (including phenoxy) is 2. The van der Waals surface area contributed by atoms with Crippen molar-refractivity contribution in [1.29, 1.82) is 0 Å². The third-order valence-corrected chi connectivity index (χ3v) is 4.73. The van der Waals surface area contributed by atoms with E-state index >= 15 is 0 Å². The van der Waals surface area contributed by atoms with Crippen LogP contribution in [0.1, 0.15) is 10.4 Å². The number of nitrogens with one attached hydrogen (secondary N) is 2. The van der Waals surface area contributed by atoms with Crippen molar-refractivity contribution in [3.63, 3.8) is 0 Å². The molecule has 0 atom stereocenters. The van der Waals surface area contributed by atoms with Crippen LogP contribution in [0.3, 0.4) is 0 Å². The second-order valence-electron chi connectivity index (χ2n) is 6.50. The van der Waals surface area contributed by atoms with Gasteiger partial charge in [0.1, 0.15) is 5.75 Å². The van der Waals surface area contributed by atoms with Crippen molar-refractivity contribution in [2.45, 2.75) is 0 Å². The van der Waals surface area contributed by atoms with Crippen molar-refractivity contribution in [3.8, 4) is 5.75 Å². The van der Waals surface area contributed by atoms with E-state index in [0.29, 0.717) is 23.1 Å². The minimum Gasteiger partial charge on any atom is -0.497 e. The number of morpholine rings is 1. The molecule has 8 heteroatoms. The highest BCUT2D eigenvalue weighted by molar-refractivity contribution is 6.30. The molecule has 1 saturated heterocycles. The highest BCUT2D eigenvalue weighted by Crippen LogP contribution is 2.15. The number of guanidine groups is 1. The van der Waals surface area contributed by atoms with Crippen LogP contribution in [0.25, 0.3) is 0 Å². The third kappa shape index (κ3) is 6.74. The standard InChI is InChI=1S/C21H25ClN4O3/c1-28-19-8-6-18(7-9-19)24-21(23-10-11-26-12-14-29-15-13-26)25-20(27)16-2-4-17(22)5-3-16/h2-9H,10-15H2,1H3,(H2,23,24,25,27). The number of halogens is 1. The predicted molar refractivity (Wildman–Crippen MR) is 115 cm³/mol. The molecule has 0 bridgehead atoms. The Morgan fingerprint density at radius 3 is 2.48 bits per heavy atom. The van der Waals surface area contributed by atoms with Gasteiger partial charge in [0.05, 0.1) is 26.9 Å². The number of hydrogen-bond acceptors (Lipinski definition) is 5. The summed E-state index contributed by atoms with van der Waals surface area (Å²) in [5, 5.41) is 6.60. The van der Waals surface area contributed by atoms with E-state index in [4.69, 9.17) is 21.1 Å². The zero-order chi connectivity index (χ0) is 20.5. The Balaban J connectivity index is 1.67. The summed E-state index contributed by atoms with van der Waals surface area (Å²) < 4.78 is 10.6. The van der Waals surface area contributed by atoms with Gasteiger partial charge in [0.25, 0.3) is 5.91 Å². The Labute approximate surface area is 175 Å². The highest BCUT2D eigenvalue weighted by Gasteiger charge is 2.12. The number of methoxy groups -OCH3 is 1. The van der Waals surface area contributed by atoms with Crippen LogP contribution in [0.5, 0.6) is 5.75 Å². The third-order valence-electron chi connectivity index (χ3n) is 4.48. The van der Waals surface area contributed by atoms with Crippen LogP contribution >= 0.6 is 11.6 Å². The number of carbonyl (C=O) groups is 1. The predicted octanol–water partition coefficient (Wildman–Crippen LogP) is 2.88. The molecule has 1 heterocycles. The molecule has 154 valence electrons. The maximum absolute atomic E-state index is 12.6. The fourth-order valence-electron chi connectivity index (χ4n) is 2.83. The molecule has 2 aromatic rings. The highest BCUT2D eigenvalue weighted by atomic mass is 35.5. The largest absolute Gasteiger partial charge is 0.497 e. The zero-order valence-corrected chi connectivity index (χ0v) is 17.1. The van der Waals surface area contributed by atoms with Gasteiger partial charge in [-0.25, -0.2) is 0 Å². The molecule has 0 spiro atoms. The molecular weight excluding hydrogens is 392 g/mol. The number of aliphatic imine (C=N–C) groups is 1. The summed E-state index contributed by atoms with van der Waals surface area (Å²) in [7, 11) is 1.62. The molecule has 29 heavy (non-hydrogen) atoms. The Bertz CT molecular complexity index is 819. The normalized spacial score (nSPS) is 15.0. The van der Waals surface area contributed by atoms with Gasteiger partial charge in [-0.05, 0) is 48.5 Å². The minimum absolute atomic E-state index is 0.257. The number of amides is 1.